The minimum atomic E-state index is -4.56. The average Bonchev–Trinajstić information content (AvgIpc) is 3.69. The molecule has 8 nitrogen and oxygen atoms in total. The molecule has 1 unspecified atom stereocenters. The first-order chi connectivity index (χ1) is 18.6. The number of anilines is 3. The number of aromatic nitrogens is 2. The lowest BCUT2D eigenvalue weighted by atomic mass is 9.76. The van der Waals surface area contributed by atoms with E-state index >= 15 is 0 Å². The number of alkyl halides is 3. The molecule has 2 aliphatic carbocycles. The van der Waals surface area contributed by atoms with Crippen LogP contribution in [0.2, 0.25) is 0 Å². The number of carbonyl (C=O) groups excluding carboxylic acids is 1. The van der Waals surface area contributed by atoms with Crippen LogP contribution in [0.25, 0.3) is 0 Å². The van der Waals surface area contributed by atoms with Crippen molar-refractivity contribution in [1.82, 2.24) is 25.1 Å². The number of nitrogens with one attached hydrogen (secondary N) is 3. The summed E-state index contributed by atoms with van der Waals surface area (Å²) < 4.78 is 41.1. The number of hydrogen-bond acceptors (Lipinski definition) is 7. The molecule has 3 fully saturated rings. The smallest absolute Gasteiger partial charge is 0.367 e. The van der Waals surface area contributed by atoms with Crippen molar-refractivity contribution in [2.24, 2.45) is 5.92 Å². The van der Waals surface area contributed by atoms with E-state index in [0.717, 1.165) is 45.0 Å². The lowest BCUT2D eigenvalue weighted by Gasteiger charge is -2.40. The SMILES string of the molecule is CC(NC1CC1)[C@H]1C[C@@H](Nc2nc(Nc3ccc(C(=O)N(C)C4CCN(C)CC4)cc3)ncc2C(F)(F)F)C1. The molecule has 2 aromatic rings. The maximum Gasteiger partial charge on any atom is 0.421 e. The molecule has 3 N–H and O–H groups in total. The number of carbonyl (C=O) groups is 1. The molecule has 212 valence electrons. The molecule has 0 bridgehead atoms. The summed E-state index contributed by atoms with van der Waals surface area (Å²) in [4.78, 5) is 25.1. The van der Waals surface area contributed by atoms with Crippen molar-refractivity contribution in [2.75, 3.05) is 37.8 Å². The number of rotatable bonds is 9. The van der Waals surface area contributed by atoms with E-state index in [0.29, 0.717) is 29.3 Å². The Hall–Kier alpha value is -2.92. The Morgan fingerprint density at radius 3 is 2.36 bits per heavy atom. The van der Waals surface area contributed by atoms with Crippen molar-refractivity contribution < 1.29 is 18.0 Å². The van der Waals surface area contributed by atoms with Crippen LogP contribution in [0.4, 0.5) is 30.6 Å². The van der Waals surface area contributed by atoms with E-state index < -0.39 is 11.7 Å². The third-order valence-corrected chi connectivity index (χ3v) is 8.34. The number of hydrogen-bond donors (Lipinski definition) is 3. The molecular formula is C28H38F3N7O. The first-order valence-electron chi connectivity index (χ1n) is 13.9. The summed E-state index contributed by atoms with van der Waals surface area (Å²) >= 11 is 0. The monoisotopic (exact) mass is 545 g/mol. The van der Waals surface area contributed by atoms with Crippen LogP contribution in [0.5, 0.6) is 0 Å². The van der Waals surface area contributed by atoms with Crippen molar-refractivity contribution in [1.29, 1.82) is 0 Å². The molecule has 5 rings (SSSR count). The summed E-state index contributed by atoms with van der Waals surface area (Å²) in [6.07, 6.45) is 2.15. The van der Waals surface area contributed by atoms with Crippen LogP contribution in [-0.2, 0) is 6.18 Å². The maximum atomic E-state index is 13.7. The summed E-state index contributed by atoms with van der Waals surface area (Å²) in [6, 6.07) is 7.97. The van der Waals surface area contributed by atoms with Gasteiger partial charge >= 0.3 is 6.18 Å². The highest BCUT2D eigenvalue weighted by atomic mass is 19.4. The second-order valence-corrected chi connectivity index (χ2v) is 11.4. The molecule has 1 atom stereocenters. The number of benzene rings is 1. The zero-order valence-corrected chi connectivity index (χ0v) is 22.8. The van der Waals surface area contributed by atoms with Gasteiger partial charge in [-0.15, -0.1) is 0 Å². The Morgan fingerprint density at radius 1 is 1.08 bits per heavy atom. The second-order valence-electron chi connectivity index (χ2n) is 11.4. The summed E-state index contributed by atoms with van der Waals surface area (Å²) in [5.74, 6) is 0.246. The van der Waals surface area contributed by atoms with Crippen LogP contribution < -0.4 is 16.0 Å². The predicted molar refractivity (Wildman–Crippen MR) is 145 cm³/mol. The molecule has 11 heteroatoms. The number of likely N-dealkylation sites (tertiary alicyclic amines) is 1. The number of halogens is 3. The third-order valence-electron chi connectivity index (χ3n) is 8.34. The Kier molecular flexibility index (Phi) is 8.00. The summed E-state index contributed by atoms with van der Waals surface area (Å²) in [7, 11) is 3.92. The number of piperidine rings is 1. The predicted octanol–water partition coefficient (Wildman–Crippen LogP) is 4.74. The molecule has 39 heavy (non-hydrogen) atoms. The fourth-order valence-electron chi connectivity index (χ4n) is 5.48. The normalized spacial score (nSPS) is 23.1. The maximum absolute atomic E-state index is 13.7. The van der Waals surface area contributed by atoms with Gasteiger partial charge in [0.1, 0.15) is 11.4 Å². The van der Waals surface area contributed by atoms with Gasteiger partial charge in [-0.2, -0.15) is 18.2 Å². The Labute approximate surface area is 227 Å². The van der Waals surface area contributed by atoms with Crippen molar-refractivity contribution in [3.8, 4) is 0 Å². The van der Waals surface area contributed by atoms with E-state index in [-0.39, 0.29) is 29.8 Å². The van der Waals surface area contributed by atoms with E-state index in [2.05, 4.69) is 44.8 Å². The van der Waals surface area contributed by atoms with Crippen molar-refractivity contribution in [3.63, 3.8) is 0 Å². The van der Waals surface area contributed by atoms with Gasteiger partial charge in [0.15, 0.2) is 0 Å². The third kappa shape index (κ3) is 6.81. The van der Waals surface area contributed by atoms with E-state index in [4.69, 9.17) is 0 Å². The Balaban J connectivity index is 1.21. The highest BCUT2D eigenvalue weighted by molar-refractivity contribution is 5.94. The summed E-state index contributed by atoms with van der Waals surface area (Å²) in [6.45, 7) is 4.08. The number of amides is 1. The van der Waals surface area contributed by atoms with Crippen molar-refractivity contribution >= 4 is 23.4 Å². The molecule has 1 saturated heterocycles. The second kappa shape index (κ2) is 11.3. The van der Waals surface area contributed by atoms with Gasteiger partial charge in [0.2, 0.25) is 5.95 Å². The highest BCUT2D eigenvalue weighted by Crippen LogP contribution is 2.38. The first kappa shape index (κ1) is 27.6. The Bertz CT molecular complexity index is 1140. The molecule has 1 aromatic carbocycles. The fraction of sp³-hybridized carbons (Fsp3) is 0.607. The largest absolute Gasteiger partial charge is 0.421 e. The van der Waals surface area contributed by atoms with Crippen molar-refractivity contribution in [2.45, 2.75) is 75.8 Å². The van der Waals surface area contributed by atoms with Gasteiger partial charge in [-0.05, 0) is 95.8 Å². The van der Waals surface area contributed by atoms with E-state index in [1.807, 2.05) is 7.05 Å². The molecule has 0 radical (unpaired) electrons. The molecule has 1 amide bonds. The minimum Gasteiger partial charge on any atom is -0.367 e. The van der Waals surface area contributed by atoms with Crippen LogP contribution in [0, 0.1) is 5.92 Å². The van der Waals surface area contributed by atoms with E-state index in [1.165, 1.54) is 12.8 Å². The quantitative estimate of drug-likeness (QED) is 0.420. The van der Waals surface area contributed by atoms with Crippen molar-refractivity contribution in [3.05, 3.63) is 41.6 Å². The van der Waals surface area contributed by atoms with Crippen LogP contribution in [0.1, 0.15) is 61.4 Å². The lowest BCUT2D eigenvalue weighted by Crippen LogP contribution is -2.46. The van der Waals surface area contributed by atoms with Gasteiger partial charge in [-0.25, -0.2) is 4.98 Å². The zero-order valence-electron chi connectivity index (χ0n) is 22.8. The highest BCUT2D eigenvalue weighted by Gasteiger charge is 2.39. The minimum absolute atomic E-state index is 0.0474. The molecule has 2 saturated carbocycles. The van der Waals surface area contributed by atoms with Gasteiger partial charge in [-0.1, -0.05) is 0 Å². The molecule has 1 aromatic heterocycles. The summed E-state index contributed by atoms with van der Waals surface area (Å²) in [5.41, 5.74) is 0.268. The number of nitrogens with zero attached hydrogens (tertiary/aromatic N) is 4. The molecule has 1 aliphatic heterocycles. The average molecular weight is 546 g/mol. The standard InChI is InChI=1S/C28H38F3N7O/c1-17(33-20-8-9-20)19-14-22(15-19)34-25-24(28(29,30)31)16-32-27(36-25)35-21-6-4-18(5-7-21)26(39)38(3)23-10-12-37(2)13-11-23/h4-7,16-17,19-20,22-23,33H,8-15H2,1-3H3,(H2,32,34,35,36)/t17?,19-,22+. The van der Waals surface area contributed by atoms with Crippen LogP contribution in [0.15, 0.2) is 30.5 Å². The zero-order chi connectivity index (χ0) is 27.7. The molecule has 3 aliphatic rings. The molecule has 0 spiro atoms. The van der Waals surface area contributed by atoms with Gasteiger partial charge in [0.05, 0.1) is 0 Å². The van der Waals surface area contributed by atoms with E-state index in [9.17, 15) is 18.0 Å². The van der Waals surface area contributed by atoms with Gasteiger partial charge in [-0.3, -0.25) is 4.79 Å². The topological polar surface area (TPSA) is 85.4 Å². The van der Waals surface area contributed by atoms with Crippen LogP contribution >= 0.6 is 0 Å². The summed E-state index contributed by atoms with van der Waals surface area (Å²) in [5, 5.41) is 9.57. The van der Waals surface area contributed by atoms with E-state index in [1.54, 1.807) is 29.2 Å². The fourth-order valence-corrected chi connectivity index (χ4v) is 5.48. The van der Waals surface area contributed by atoms with Crippen LogP contribution in [0.3, 0.4) is 0 Å². The molecule has 2 heterocycles. The van der Waals surface area contributed by atoms with Gasteiger partial charge in [0.25, 0.3) is 5.91 Å². The Morgan fingerprint density at radius 2 is 1.74 bits per heavy atom. The molecular weight excluding hydrogens is 507 g/mol. The first-order valence-corrected chi connectivity index (χ1v) is 13.9. The lowest BCUT2D eigenvalue weighted by molar-refractivity contribution is -0.137. The van der Waals surface area contributed by atoms with Gasteiger partial charge < -0.3 is 25.8 Å². The van der Waals surface area contributed by atoms with Gasteiger partial charge in [0, 0.05) is 48.7 Å². The van der Waals surface area contributed by atoms with Crippen LogP contribution in [-0.4, -0.2) is 77.0 Å².